The van der Waals surface area contributed by atoms with Crippen LogP contribution < -0.4 is 25.5 Å². The van der Waals surface area contributed by atoms with Crippen molar-refractivity contribution < 1.29 is 33.6 Å². The molecule has 1 fully saturated rings. The highest BCUT2D eigenvalue weighted by atomic mass is 32.2. The van der Waals surface area contributed by atoms with E-state index in [4.69, 9.17) is 15.3 Å². The Kier molecular flexibility index (Phi) is 7.49. The van der Waals surface area contributed by atoms with E-state index in [1.54, 1.807) is 36.2 Å². The molecule has 36 heavy (non-hydrogen) atoms. The van der Waals surface area contributed by atoms with Crippen LogP contribution in [0.3, 0.4) is 0 Å². The Balaban J connectivity index is 1.52. The minimum Gasteiger partial charge on any atom is -0.543 e. The van der Waals surface area contributed by atoms with E-state index < -0.39 is 29.2 Å². The van der Waals surface area contributed by atoms with Crippen molar-refractivity contribution in [2.45, 2.75) is 18.0 Å². The van der Waals surface area contributed by atoms with Crippen LogP contribution in [0.15, 0.2) is 53.6 Å². The fourth-order valence-corrected chi connectivity index (χ4v) is 5.35. The molecule has 2 aliphatic heterocycles. The SMILES string of the molecule is C=CCON=C(C(=O)NC1C(=O)N2C(C(=O)[O-])=C(C[n+]3ccc(OC)cc3)CS[C@H]12)c1nsc(N)n1. The zero-order valence-electron chi connectivity index (χ0n) is 18.9. The van der Waals surface area contributed by atoms with Crippen LogP contribution in [0.4, 0.5) is 5.13 Å². The van der Waals surface area contributed by atoms with Crippen molar-refractivity contribution in [2.75, 3.05) is 25.2 Å². The molecule has 2 atom stereocenters. The third-order valence-electron chi connectivity index (χ3n) is 5.21. The van der Waals surface area contributed by atoms with Crippen LogP contribution in [0.2, 0.25) is 0 Å². The molecule has 2 aromatic rings. The van der Waals surface area contributed by atoms with Gasteiger partial charge < -0.3 is 30.5 Å². The van der Waals surface area contributed by atoms with Crippen LogP contribution in [0, 0.1) is 0 Å². The number of nitrogens with zero attached hydrogens (tertiary/aromatic N) is 5. The summed E-state index contributed by atoms with van der Waals surface area (Å²) in [5.41, 5.74) is 5.64. The number of anilines is 1. The molecule has 188 valence electrons. The van der Waals surface area contributed by atoms with Gasteiger partial charge in [0.25, 0.3) is 11.8 Å². The Bertz CT molecular complexity index is 1260. The van der Waals surface area contributed by atoms with Gasteiger partial charge in [-0.15, -0.1) is 11.8 Å². The molecule has 4 rings (SSSR count). The summed E-state index contributed by atoms with van der Waals surface area (Å²) >= 11 is 2.19. The first-order valence-corrected chi connectivity index (χ1v) is 12.3. The van der Waals surface area contributed by atoms with Crippen LogP contribution in [0.5, 0.6) is 5.75 Å². The highest BCUT2D eigenvalue weighted by Gasteiger charge is 2.53. The first kappa shape index (κ1) is 25.1. The standard InChI is InChI=1S/C21H21N7O6S2/c1-3-8-34-25-13(16-24-21(22)36-26-16)17(29)23-14-18(30)28-15(20(31)32)11(10-35-19(14)28)9-27-6-4-12(33-2)5-7-27/h3-7,14,19H,1,8-10H2,2H3,(H3-,22,23,24,26,29,31,32)/t14?,19-/m1/s1. The number of thioether (sulfide) groups is 1. The fourth-order valence-electron chi connectivity index (χ4n) is 3.58. The highest BCUT2D eigenvalue weighted by molar-refractivity contribution is 8.00. The third-order valence-corrected chi connectivity index (χ3v) is 7.10. The van der Waals surface area contributed by atoms with E-state index in [0.717, 1.165) is 16.4 Å². The van der Waals surface area contributed by atoms with Gasteiger partial charge in [0.15, 0.2) is 24.1 Å². The lowest BCUT2D eigenvalue weighted by Crippen LogP contribution is -2.71. The molecule has 0 spiro atoms. The molecular formula is C21H21N7O6S2. The number of rotatable bonds is 10. The number of nitrogens with two attached hydrogens (primary N) is 1. The van der Waals surface area contributed by atoms with Gasteiger partial charge in [-0.3, -0.25) is 14.5 Å². The Labute approximate surface area is 213 Å². The minimum absolute atomic E-state index is 0.0275. The molecule has 2 aliphatic rings. The van der Waals surface area contributed by atoms with Gasteiger partial charge in [-0.25, -0.2) is 4.57 Å². The van der Waals surface area contributed by atoms with Crippen molar-refractivity contribution in [3.05, 3.63) is 54.3 Å². The van der Waals surface area contributed by atoms with Crippen molar-refractivity contribution in [1.29, 1.82) is 0 Å². The van der Waals surface area contributed by atoms with E-state index in [1.807, 2.05) is 0 Å². The van der Waals surface area contributed by atoms with Crippen LogP contribution in [-0.4, -0.2) is 68.6 Å². The maximum absolute atomic E-state index is 13.0. The summed E-state index contributed by atoms with van der Waals surface area (Å²) in [5.74, 6) is -1.92. The number of methoxy groups -OCH3 is 1. The first-order chi connectivity index (χ1) is 17.3. The van der Waals surface area contributed by atoms with Crippen LogP contribution >= 0.6 is 23.3 Å². The zero-order valence-corrected chi connectivity index (χ0v) is 20.6. The number of nitrogens with one attached hydrogen (secondary N) is 1. The van der Waals surface area contributed by atoms with Gasteiger partial charge in [-0.1, -0.05) is 17.8 Å². The van der Waals surface area contributed by atoms with Gasteiger partial charge in [0.05, 0.1) is 18.8 Å². The van der Waals surface area contributed by atoms with Gasteiger partial charge in [0.2, 0.25) is 11.5 Å². The van der Waals surface area contributed by atoms with Crippen LogP contribution in [0.25, 0.3) is 0 Å². The third kappa shape index (κ3) is 5.01. The molecule has 0 aliphatic carbocycles. The molecular weight excluding hydrogens is 510 g/mol. The minimum atomic E-state index is -1.47. The van der Waals surface area contributed by atoms with Crippen molar-refractivity contribution >= 4 is 51.9 Å². The lowest BCUT2D eigenvalue weighted by Gasteiger charge is -2.50. The number of fused-ring (bicyclic) bond motifs is 1. The number of carboxylic acids is 1. The molecule has 0 radical (unpaired) electrons. The molecule has 15 heteroatoms. The smallest absolute Gasteiger partial charge is 0.278 e. The Morgan fingerprint density at radius 2 is 2.19 bits per heavy atom. The number of hydrogen-bond acceptors (Lipinski definition) is 12. The predicted molar refractivity (Wildman–Crippen MR) is 127 cm³/mol. The monoisotopic (exact) mass is 531 g/mol. The van der Waals surface area contributed by atoms with Gasteiger partial charge in [-0.2, -0.15) is 9.36 Å². The zero-order chi connectivity index (χ0) is 25.8. The highest BCUT2D eigenvalue weighted by Crippen LogP contribution is 2.40. The molecule has 1 unspecified atom stereocenters. The number of carbonyl (C=O) groups is 3. The quantitative estimate of drug-likeness (QED) is 0.0909. The number of hydrogen-bond donors (Lipinski definition) is 2. The summed E-state index contributed by atoms with van der Waals surface area (Å²) in [5, 5.41) is 17.8. The number of oxime groups is 1. The van der Waals surface area contributed by atoms with Crippen molar-refractivity contribution in [3.8, 4) is 5.75 Å². The van der Waals surface area contributed by atoms with E-state index in [9.17, 15) is 19.5 Å². The summed E-state index contributed by atoms with van der Waals surface area (Å²) in [4.78, 5) is 48.0. The van der Waals surface area contributed by atoms with E-state index in [1.165, 1.54) is 17.8 Å². The second-order valence-corrected chi connectivity index (χ2v) is 9.38. The molecule has 3 N–H and O–H groups in total. The maximum atomic E-state index is 13.0. The molecule has 2 amide bonds. The van der Waals surface area contributed by atoms with Gasteiger partial charge in [-0.05, 0) is 0 Å². The number of aliphatic carboxylic acids is 1. The molecule has 2 aromatic heterocycles. The van der Waals surface area contributed by atoms with Crippen molar-refractivity contribution in [2.24, 2.45) is 5.16 Å². The van der Waals surface area contributed by atoms with E-state index in [2.05, 4.69) is 26.4 Å². The molecule has 0 bridgehead atoms. The largest absolute Gasteiger partial charge is 0.543 e. The molecule has 1 saturated heterocycles. The molecule has 0 aromatic carbocycles. The number of nitrogen functional groups attached to an aromatic ring is 1. The molecule has 13 nitrogen and oxygen atoms in total. The summed E-state index contributed by atoms with van der Waals surface area (Å²) in [7, 11) is 1.55. The maximum Gasteiger partial charge on any atom is 0.278 e. The Hall–Kier alpha value is -3.98. The van der Waals surface area contributed by atoms with Crippen LogP contribution in [0.1, 0.15) is 5.82 Å². The summed E-state index contributed by atoms with van der Waals surface area (Å²) in [6.45, 7) is 3.77. The molecule has 0 saturated carbocycles. The van der Waals surface area contributed by atoms with E-state index in [0.29, 0.717) is 17.1 Å². The molecule has 4 heterocycles. The summed E-state index contributed by atoms with van der Waals surface area (Å²) < 4.78 is 10.9. The number of carbonyl (C=O) groups excluding carboxylic acids is 3. The lowest BCUT2D eigenvalue weighted by molar-refractivity contribution is -0.689. The second kappa shape index (κ2) is 10.7. The lowest BCUT2D eigenvalue weighted by atomic mass is 10.0. The van der Waals surface area contributed by atoms with Gasteiger partial charge >= 0.3 is 0 Å². The number of pyridine rings is 1. The number of carboxylic acid groups (broad SMARTS) is 1. The summed E-state index contributed by atoms with van der Waals surface area (Å²) in [6.07, 6.45) is 4.92. The summed E-state index contributed by atoms with van der Waals surface area (Å²) in [6, 6.07) is 2.48. The predicted octanol–water partition coefficient (Wildman–Crippen LogP) is -1.57. The average Bonchev–Trinajstić information content (AvgIpc) is 3.30. The van der Waals surface area contributed by atoms with E-state index in [-0.39, 0.29) is 35.5 Å². The number of β-lactam (4-membered cyclic amide) rings is 1. The van der Waals surface area contributed by atoms with Crippen LogP contribution in [-0.2, 0) is 25.8 Å². The van der Waals surface area contributed by atoms with Crippen molar-refractivity contribution in [1.82, 2.24) is 19.6 Å². The Morgan fingerprint density at radius 1 is 1.44 bits per heavy atom. The van der Waals surface area contributed by atoms with Gasteiger partial charge in [0.1, 0.15) is 23.8 Å². The number of aromatic nitrogens is 3. The van der Waals surface area contributed by atoms with E-state index >= 15 is 0 Å². The number of ether oxygens (including phenoxy) is 1. The second-order valence-electron chi connectivity index (χ2n) is 7.49. The fraction of sp³-hybridized carbons (Fsp3) is 0.286. The van der Waals surface area contributed by atoms with Gasteiger partial charge in [0, 0.05) is 35.0 Å². The topological polar surface area (TPSA) is 176 Å². The Morgan fingerprint density at radius 3 is 2.81 bits per heavy atom. The first-order valence-electron chi connectivity index (χ1n) is 10.5. The normalized spacial score (nSPS) is 19.3. The number of amides is 2. The van der Waals surface area contributed by atoms with Crippen molar-refractivity contribution in [3.63, 3.8) is 0 Å². The average molecular weight is 532 g/mol.